The average Bonchev–Trinajstić information content (AvgIpc) is 2.82. The molecule has 4 N–H and O–H groups in total. The van der Waals surface area contributed by atoms with Gasteiger partial charge in [0.15, 0.2) is 5.13 Å². The Hall–Kier alpha value is -2.75. The van der Waals surface area contributed by atoms with Crippen LogP contribution in [0.15, 0.2) is 18.2 Å². The molecule has 2 aromatic rings. The SMILES string of the molecule is Nc1nc(NC2CN(C(=O)O)C2)sc1C(=O)c1c(F)cccc1F. The van der Waals surface area contributed by atoms with E-state index < -0.39 is 29.1 Å². The highest BCUT2D eigenvalue weighted by molar-refractivity contribution is 7.18. The molecular formula is C14H12F2N4O3S. The van der Waals surface area contributed by atoms with Gasteiger partial charge in [0.25, 0.3) is 0 Å². The number of ketones is 1. The van der Waals surface area contributed by atoms with Gasteiger partial charge < -0.3 is 21.1 Å². The zero-order valence-corrected chi connectivity index (χ0v) is 12.9. The standard InChI is InChI=1S/C14H12F2N4O3S/c15-7-2-1-3-8(16)9(7)10(21)11-12(17)19-13(24-11)18-6-4-20(5-6)14(22)23/h1-3,6H,4-5,17H2,(H,18,19)(H,22,23). The van der Waals surface area contributed by atoms with E-state index in [0.717, 1.165) is 29.5 Å². The summed E-state index contributed by atoms with van der Waals surface area (Å²) < 4.78 is 27.4. The molecule has 0 radical (unpaired) electrons. The summed E-state index contributed by atoms with van der Waals surface area (Å²) in [6.07, 6.45) is -1.02. The lowest BCUT2D eigenvalue weighted by Gasteiger charge is -2.37. The Morgan fingerprint density at radius 1 is 1.33 bits per heavy atom. The van der Waals surface area contributed by atoms with Gasteiger partial charge in [-0.1, -0.05) is 17.4 Å². The number of thiazole rings is 1. The third kappa shape index (κ3) is 2.87. The van der Waals surface area contributed by atoms with Crippen LogP contribution in [-0.2, 0) is 0 Å². The predicted octanol–water partition coefficient (Wildman–Crippen LogP) is 2.01. The van der Waals surface area contributed by atoms with Crippen molar-refractivity contribution >= 4 is 34.2 Å². The molecule has 1 aromatic carbocycles. The van der Waals surface area contributed by atoms with E-state index in [0.29, 0.717) is 5.13 Å². The van der Waals surface area contributed by atoms with Gasteiger partial charge in [0.05, 0.1) is 11.6 Å². The minimum absolute atomic E-state index is 0.0732. The number of hydrogen-bond donors (Lipinski definition) is 3. The summed E-state index contributed by atoms with van der Waals surface area (Å²) in [5, 5.41) is 12.0. The van der Waals surface area contributed by atoms with Crippen LogP contribution in [-0.4, -0.2) is 46.0 Å². The molecule has 1 aromatic heterocycles. The number of nitrogen functional groups attached to an aromatic ring is 1. The van der Waals surface area contributed by atoms with Crippen LogP contribution in [0, 0.1) is 11.6 Å². The summed E-state index contributed by atoms with van der Waals surface area (Å²) in [5.74, 6) is -2.96. The summed E-state index contributed by atoms with van der Waals surface area (Å²) >= 11 is 0.871. The van der Waals surface area contributed by atoms with Crippen LogP contribution in [0.3, 0.4) is 0 Å². The maximum absolute atomic E-state index is 13.7. The molecule has 24 heavy (non-hydrogen) atoms. The second-order valence-corrected chi connectivity index (χ2v) is 6.19. The fourth-order valence-electron chi connectivity index (χ4n) is 2.29. The Bertz CT molecular complexity index is 800. The number of likely N-dealkylation sites (tertiary alicyclic amines) is 1. The van der Waals surface area contributed by atoms with Crippen molar-refractivity contribution in [3.63, 3.8) is 0 Å². The molecule has 1 aliphatic rings. The largest absolute Gasteiger partial charge is 0.465 e. The topological polar surface area (TPSA) is 109 Å². The number of amides is 1. The molecule has 126 valence electrons. The van der Waals surface area contributed by atoms with Gasteiger partial charge in [0.1, 0.15) is 22.3 Å². The maximum Gasteiger partial charge on any atom is 0.407 e. The first kappa shape index (κ1) is 16.1. The van der Waals surface area contributed by atoms with Crippen LogP contribution in [0.2, 0.25) is 0 Å². The highest BCUT2D eigenvalue weighted by atomic mass is 32.1. The molecule has 0 aliphatic carbocycles. The number of carbonyl (C=O) groups is 2. The second-order valence-electron chi connectivity index (χ2n) is 5.19. The van der Waals surface area contributed by atoms with Crippen LogP contribution in [0.4, 0.5) is 24.5 Å². The number of nitrogens with zero attached hydrogens (tertiary/aromatic N) is 2. The lowest BCUT2D eigenvalue weighted by molar-refractivity contribution is 0.103. The number of rotatable bonds is 4. The molecule has 0 spiro atoms. The highest BCUT2D eigenvalue weighted by Gasteiger charge is 2.31. The molecule has 0 bridgehead atoms. The van der Waals surface area contributed by atoms with Crippen LogP contribution in [0.1, 0.15) is 15.2 Å². The molecule has 10 heteroatoms. The Morgan fingerprint density at radius 2 is 1.96 bits per heavy atom. The third-order valence-corrected chi connectivity index (χ3v) is 4.53. The zero-order valence-electron chi connectivity index (χ0n) is 12.1. The zero-order chi connectivity index (χ0) is 17.4. The number of nitrogens with two attached hydrogens (primary N) is 1. The Labute approximate surface area is 138 Å². The van der Waals surface area contributed by atoms with Crippen molar-refractivity contribution in [3.05, 3.63) is 40.3 Å². The molecule has 0 saturated carbocycles. The fraction of sp³-hybridized carbons (Fsp3) is 0.214. The van der Waals surface area contributed by atoms with Gasteiger partial charge in [-0.05, 0) is 12.1 Å². The Kier molecular flexibility index (Phi) is 4.06. The summed E-state index contributed by atoms with van der Waals surface area (Å²) in [5.41, 5.74) is 5.00. The monoisotopic (exact) mass is 354 g/mol. The smallest absolute Gasteiger partial charge is 0.407 e. The van der Waals surface area contributed by atoms with E-state index in [1.54, 1.807) is 0 Å². The van der Waals surface area contributed by atoms with Gasteiger partial charge in [-0.15, -0.1) is 0 Å². The number of halogens is 2. The van der Waals surface area contributed by atoms with Crippen molar-refractivity contribution in [2.24, 2.45) is 0 Å². The van der Waals surface area contributed by atoms with Crippen molar-refractivity contribution < 1.29 is 23.5 Å². The average molecular weight is 354 g/mol. The van der Waals surface area contributed by atoms with Crippen molar-refractivity contribution in [1.82, 2.24) is 9.88 Å². The second kappa shape index (κ2) is 6.04. The molecule has 1 fully saturated rings. The normalized spacial score (nSPS) is 14.3. The van der Waals surface area contributed by atoms with E-state index in [1.165, 1.54) is 4.90 Å². The van der Waals surface area contributed by atoms with Gasteiger partial charge in [0, 0.05) is 13.1 Å². The maximum atomic E-state index is 13.7. The Morgan fingerprint density at radius 3 is 2.54 bits per heavy atom. The quantitative estimate of drug-likeness (QED) is 0.725. The summed E-state index contributed by atoms with van der Waals surface area (Å²) in [6.45, 7) is 0.556. The van der Waals surface area contributed by atoms with Crippen molar-refractivity contribution in [2.45, 2.75) is 6.04 Å². The van der Waals surface area contributed by atoms with E-state index in [4.69, 9.17) is 10.8 Å². The summed E-state index contributed by atoms with van der Waals surface area (Å²) in [7, 11) is 0. The highest BCUT2D eigenvalue weighted by Crippen LogP contribution is 2.30. The van der Waals surface area contributed by atoms with Gasteiger partial charge >= 0.3 is 6.09 Å². The lowest BCUT2D eigenvalue weighted by atomic mass is 10.1. The van der Waals surface area contributed by atoms with E-state index in [9.17, 15) is 18.4 Å². The molecule has 0 atom stereocenters. The van der Waals surface area contributed by atoms with E-state index >= 15 is 0 Å². The van der Waals surface area contributed by atoms with Crippen molar-refractivity contribution in [2.75, 3.05) is 24.1 Å². The number of benzene rings is 1. The minimum atomic E-state index is -1.02. The van der Waals surface area contributed by atoms with Crippen molar-refractivity contribution in [3.8, 4) is 0 Å². The number of anilines is 2. The van der Waals surface area contributed by atoms with E-state index in [2.05, 4.69) is 10.3 Å². The number of aromatic nitrogens is 1. The van der Waals surface area contributed by atoms with Crippen LogP contribution in [0.5, 0.6) is 0 Å². The lowest BCUT2D eigenvalue weighted by Crippen LogP contribution is -2.56. The van der Waals surface area contributed by atoms with Gasteiger partial charge in [0.2, 0.25) is 5.78 Å². The predicted molar refractivity (Wildman–Crippen MR) is 83.3 cm³/mol. The summed E-state index contributed by atoms with van der Waals surface area (Å²) in [6, 6.07) is 2.98. The van der Waals surface area contributed by atoms with E-state index in [-0.39, 0.29) is 29.8 Å². The number of carboxylic acid groups (broad SMARTS) is 1. The van der Waals surface area contributed by atoms with Crippen LogP contribution >= 0.6 is 11.3 Å². The molecule has 0 unspecified atom stereocenters. The first-order valence-corrected chi connectivity index (χ1v) is 7.68. The van der Waals surface area contributed by atoms with Crippen LogP contribution in [0.25, 0.3) is 0 Å². The van der Waals surface area contributed by atoms with Crippen molar-refractivity contribution in [1.29, 1.82) is 0 Å². The number of hydrogen-bond acceptors (Lipinski definition) is 6. The van der Waals surface area contributed by atoms with Crippen LogP contribution < -0.4 is 11.1 Å². The molecule has 1 aliphatic heterocycles. The fourth-order valence-corrected chi connectivity index (χ4v) is 3.19. The molecule has 1 amide bonds. The number of carbonyl (C=O) groups excluding carboxylic acids is 1. The number of nitrogens with one attached hydrogen (secondary N) is 1. The summed E-state index contributed by atoms with van der Waals surface area (Å²) in [4.78, 5) is 28.1. The van der Waals surface area contributed by atoms with Gasteiger partial charge in [-0.25, -0.2) is 18.6 Å². The molecule has 1 saturated heterocycles. The molecule has 3 rings (SSSR count). The molecule has 7 nitrogen and oxygen atoms in total. The molecular weight excluding hydrogens is 342 g/mol. The third-order valence-electron chi connectivity index (χ3n) is 3.53. The minimum Gasteiger partial charge on any atom is -0.465 e. The molecule has 2 heterocycles. The first-order valence-electron chi connectivity index (χ1n) is 6.86. The van der Waals surface area contributed by atoms with E-state index in [1.807, 2.05) is 0 Å². The first-order chi connectivity index (χ1) is 11.4. The van der Waals surface area contributed by atoms with Gasteiger partial charge in [-0.2, -0.15) is 0 Å². The Balaban J connectivity index is 1.77. The van der Waals surface area contributed by atoms with Gasteiger partial charge in [-0.3, -0.25) is 4.79 Å².